The van der Waals surface area contributed by atoms with E-state index in [1.54, 1.807) is 7.11 Å². The van der Waals surface area contributed by atoms with Crippen molar-refractivity contribution in [1.29, 1.82) is 0 Å². The lowest BCUT2D eigenvalue weighted by molar-refractivity contribution is -0.144. The summed E-state index contributed by atoms with van der Waals surface area (Å²) in [7, 11) is 1.61. The monoisotopic (exact) mass is 218 g/mol. The lowest BCUT2D eigenvalue weighted by Gasteiger charge is -2.32. The van der Waals surface area contributed by atoms with E-state index in [1.165, 1.54) is 0 Å². The molecule has 0 heterocycles. The van der Waals surface area contributed by atoms with Gasteiger partial charge in [0.05, 0.1) is 6.61 Å². The van der Waals surface area contributed by atoms with Gasteiger partial charge in [-0.3, -0.25) is 9.69 Å². The topological polar surface area (TPSA) is 75.8 Å². The van der Waals surface area contributed by atoms with Crippen LogP contribution in [0.3, 0.4) is 0 Å². The first-order valence-corrected chi connectivity index (χ1v) is 5.26. The highest BCUT2D eigenvalue weighted by Gasteiger charge is 2.27. The van der Waals surface area contributed by atoms with E-state index in [9.17, 15) is 4.79 Å². The summed E-state index contributed by atoms with van der Waals surface area (Å²) in [5.74, 6) is -0.815. The predicted molar refractivity (Wildman–Crippen MR) is 58.8 cm³/mol. The zero-order valence-corrected chi connectivity index (χ0v) is 9.77. The molecular formula is C10H22N2O3. The van der Waals surface area contributed by atoms with Crippen molar-refractivity contribution in [2.75, 3.05) is 26.8 Å². The average molecular weight is 218 g/mol. The molecule has 0 amide bonds. The van der Waals surface area contributed by atoms with E-state index in [4.69, 9.17) is 15.6 Å². The van der Waals surface area contributed by atoms with Gasteiger partial charge in [-0.25, -0.2) is 0 Å². The van der Waals surface area contributed by atoms with E-state index in [1.807, 2.05) is 18.7 Å². The smallest absolute Gasteiger partial charge is 0.320 e. The van der Waals surface area contributed by atoms with Crippen LogP contribution in [-0.4, -0.2) is 54.9 Å². The summed E-state index contributed by atoms with van der Waals surface area (Å²) in [4.78, 5) is 13.0. The van der Waals surface area contributed by atoms with Crippen LogP contribution in [0.2, 0.25) is 0 Å². The molecule has 0 bridgehead atoms. The van der Waals surface area contributed by atoms with Crippen LogP contribution in [0.25, 0.3) is 0 Å². The maximum Gasteiger partial charge on any atom is 0.320 e. The number of likely N-dealkylation sites (N-methyl/N-ethyl adjacent to an activating group) is 1. The van der Waals surface area contributed by atoms with Crippen molar-refractivity contribution in [3.63, 3.8) is 0 Å². The Hall–Kier alpha value is -0.650. The molecule has 0 rings (SSSR count). The van der Waals surface area contributed by atoms with Crippen LogP contribution in [0, 0.1) is 0 Å². The summed E-state index contributed by atoms with van der Waals surface area (Å²) in [5, 5.41) is 9.08. The molecule has 0 aromatic heterocycles. The van der Waals surface area contributed by atoms with Gasteiger partial charge in [-0.1, -0.05) is 6.92 Å². The van der Waals surface area contributed by atoms with Crippen molar-refractivity contribution in [3.8, 4) is 0 Å². The van der Waals surface area contributed by atoms with E-state index in [0.29, 0.717) is 26.1 Å². The Morgan fingerprint density at radius 2 is 2.20 bits per heavy atom. The number of nitrogens with two attached hydrogens (primary N) is 1. The van der Waals surface area contributed by atoms with E-state index in [2.05, 4.69) is 0 Å². The van der Waals surface area contributed by atoms with Crippen molar-refractivity contribution >= 4 is 5.97 Å². The lowest BCUT2D eigenvalue weighted by Crippen LogP contribution is -2.48. The Bertz CT molecular complexity index is 188. The fourth-order valence-electron chi connectivity index (χ4n) is 1.77. The van der Waals surface area contributed by atoms with Crippen LogP contribution in [0.5, 0.6) is 0 Å². The van der Waals surface area contributed by atoms with Gasteiger partial charge in [0, 0.05) is 13.2 Å². The van der Waals surface area contributed by atoms with Crippen molar-refractivity contribution in [1.82, 2.24) is 4.90 Å². The molecular weight excluding hydrogens is 196 g/mol. The van der Waals surface area contributed by atoms with Gasteiger partial charge in [0.2, 0.25) is 0 Å². The number of hydrogen-bond acceptors (Lipinski definition) is 4. The number of rotatable bonds is 8. The van der Waals surface area contributed by atoms with Crippen molar-refractivity contribution in [2.24, 2.45) is 5.73 Å². The predicted octanol–water partition coefficient (Wildman–Crippen LogP) is 0.145. The maximum atomic E-state index is 11.1. The SMILES string of the molecule is CCN(C(C)COC)C(CCN)C(=O)O. The van der Waals surface area contributed by atoms with E-state index >= 15 is 0 Å². The minimum Gasteiger partial charge on any atom is -0.480 e. The molecule has 0 radical (unpaired) electrons. The first-order valence-electron chi connectivity index (χ1n) is 5.26. The highest BCUT2D eigenvalue weighted by atomic mass is 16.5. The molecule has 3 N–H and O–H groups in total. The standard InChI is InChI=1S/C10H22N2O3/c1-4-12(8(2)7-15-3)9(5-6-11)10(13)14/h8-9H,4-7,11H2,1-3H3,(H,13,14). The minimum atomic E-state index is -0.815. The molecule has 0 spiro atoms. The molecule has 0 aliphatic carbocycles. The second-order valence-electron chi connectivity index (χ2n) is 3.57. The molecule has 5 nitrogen and oxygen atoms in total. The van der Waals surface area contributed by atoms with Gasteiger partial charge in [-0.2, -0.15) is 0 Å². The van der Waals surface area contributed by atoms with Crippen LogP contribution in [0.15, 0.2) is 0 Å². The zero-order valence-electron chi connectivity index (χ0n) is 9.77. The van der Waals surface area contributed by atoms with Crippen LogP contribution in [-0.2, 0) is 9.53 Å². The fourth-order valence-corrected chi connectivity index (χ4v) is 1.77. The summed E-state index contributed by atoms with van der Waals surface area (Å²) in [5.41, 5.74) is 5.41. The molecule has 5 heteroatoms. The number of aliphatic carboxylic acids is 1. The van der Waals surface area contributed by atoms with Crippen molar-refractivity contribution in [2.45, 2.75) is 32.4 Å². The van der Waals surface area contributed by atoms with Crippen molar-refractivity contribution in [3.05, 3.63) is 0 Å². The van der Waals surface area contributed by atoms with Gasteiger partial charge in [0.15, 0.2) is 0 Å². The number of ether oxygens (including phenoxy) is 1. The van der Waals surface area contributed by atoms with Gasteiger partial charge >= 0.3 is 5.97 Å². The Balaban J connectivity index is 4.49. The lowest BCUT2D eigenvalue weighted by atomic mass is 10.1. The van der Waals surface area contributed by atoms with Gasteiger partial charge < -0.3 is 15.6 Å². The highest BCUT2D eigenvalue weighted by Crippen LogP contribution is 2.09. The third-order valence-corrected chi connectivity index (χ3v) is 2.46. The van der Waals surface area contributed by atoms with Crippen LogP contribution in [0.4, 0.5) is 0 Å². The molecule has 0 aromatic carbocycles. The largest absolute Gasteiger partial charge is 0.480 e. The molecule has 0 aromatic rings. The first-order chi connectivity index (χ1) is 7.08. The molecule has 0 saturated heterocycles. The number of nitrogens with zero attached hydrogens (tertiary/aromatic N) is 1. The summed E-state index contributed by atoms with van der Waals surface area (Å²) >= 11 is 0. The third-order valence-electron chi connectivity index (χ3n) is 2.46. The minimum absolute atomic E-state index is 0.0904. The number of hydrogen-bond donors (Lipinski definition) is 2. The summed E-state index contributed by atoms with van der Waals surface area (Å²) in [6.45, 7) is 5.49. The van der Waals surface area contributed by atoms with E-state index < -0.39 is 12.0 Å². The Labute approximate surface area is 91.2 Å². The normalized spacial score (nSPS) is 15.3. The Kier molecular flexibility index (Phi) is 7.29. The Morgan fingerprint density at radius 3 is 2.53 bits per heavy atom. The number of carboxylic acid groups (broad SMARTS) is 1. The fraction of sp³-hybridized carbons (Fsp3) is 0.900. The van der Waals surface area contributed by atoms with Gasteiger partial charge in [-0.15, -0.1) is 0 Å². The second-order valence-corrected chi connectivity index (χ2v) is 3.57. The summed E-state index contributed by atoms with van der Waals surface area (Å²) in [6, 6.07) is -0.419. The number of methoxy groups -OCH3 is 1. The van der Waals surface area contributed by atoms with Gasteiger partial charge in [0.1, 0.15) is 6.04 Å². The third kappa shape index (κ3) is 4.59. The van der Waals surface area contributed by atoms with Crippen molar-refractivity contribution < 1.29 is 14.6 Å². The van der Waals surface area contributed by atoms with E-state index in [-0.39, 0.29) is 6.04 Å². The molecule has 0 aliphatic heterocycles. The average Bonchev–Trinajstić information content (AvgIpc) is 2.18. The Morgan fingerprint density at radius 1 is 1.60 bits per heavy atom. The second kappa shape index (κ2) is 7.62. The molecule has 0 saturated carbocycles. The quantitative estimate of drug-likeness (QED) is 0.606. The first kappa shape index (κ1) is 14.3. The number of carboxylic acids is 1. The van der Waals surface area contributed by atoms with Crippen LogP contribution >= 0.6 is 0 Å². The molecule has 90 valence electrons. The summed E-state index contributed by atoms with van der Waals surface area (Å²) in [6.07, 6.45) is 0.469. The zero-order chi connectivity index (χ0) is 11.8. The maximum absolute atomic E-state index is 11.1. The van der Waals surface area contributed by atoms with Crippen LogP contribution in [0.1, 0.15) is 20.3 Å². The molecule has 15 heavy (non-hydrogen) atoms. The molecule has 2 atom stereocenters. The molecule has 0 aliphatic rings. The number of carbonyl (C=O) groups is 1. The van der Waals surface area contributed by atoms with Gasteiger partial charge in [-0.05, 0) is 26.4 Å². The summed E-state index contributed by atoms with van der Waals surface area (Å²) < 4.78 is 5.03. The van der Waals surface area contributed by atoms with Crippen LogP contribution < -0.4 is 5.73 Å². The molecule has 0 fully saturated rings. The highest BCUT2D eigenvalue weighted by molar-refractivity contribution is 5.73. The molecule has 2 unspecified atom stereocenters. The van der Waals surface area contributed by atoms with E-state index in [0.717, 1.165) is 0 Å². The van der Waals surface area contributed by atoms with Gasteiger partial charge in [0.25, 0.3) is 0 Å².